The highest BCUT2D eigenvalue weighted by atomic mass is 35.5. The molecule has 0 aliphatic rings. The van der Waals surface area contributed by atoms with E-state index in [9.17, 15) is 4.79 Å². The van der Waals surface area contributed by atoms with Gasteiger partial charge in [0.15, 0.2) is 0 Å². The molecule has 8 nitrogen and oxygen atoms in total. The van der Waals surface area contributed by atoms with Crippen LogP contribution in [0.3, 0.4) is 0 Å². The van der Waals surface area contributed by atoms with Crippen LogP contribution in [0.2, 0.25) is 5.02 Å². The second kappa shape index (κ2) is 10.4. The molecule has 3 aromatic heterocycles. The predicted molar refractivity (Wildman–Crippen MR) is 150 cm³/mol. The molecule has 1 N–H and O–H groups in total. The molecular formula is C29H30ClN7O. The van der Waals surface area contributed by atoms with Crippen molar-refractivity contribution in [3.63, 3.8) is 0 Å². The molecular weight excluding hydrogens is 498 g/mol. The number of hydrogen-bond donors (Lipinski definition) is 1. The van der Waals surface area contributed by atoms with E-state index in [-0.39, 0.29) is 11.1 Å². The summed E-state index contributed by atoms with van der Waals surface area (Å²) in [6.07, 6.45) is 5.45. The number of rotatable bonds is 7. The van der Waals surface area contributed by atoms with Gasteiger partial charge in [0, 0.05) is 29.2 Å². The summed E-state index contributed by atoms with van der Waals surface area (Å²) >= 11 is 6.67. The van der Waals surface area contributed by atoms with E-state index in [1.807, 2.05) is 71.6 Å². The van der Waals surface area contributed by atoms with Crippen molar-refractivity contribution < 1.29 is 0 Å². The van der Waals surface area contributed by atoms with Crippen LogP contribution in [0.15, 0.2) is 71.8 Å². The Morgan fingerprint density at radius 3 is 2.45 bits per heavy atom. The zero-order valence-electron chi connectivity index (χ0n) is 21.9. The Balaban J connectivity index is 1.52. The smallest absolute Gasteiger partial charge is 0.292 e. The maximum absolute atomic E-state index is 13.8. The monoisotopic (exact) mass is 527 g/mol. The lowest BCUT2D eigenvalue weighted by molar-refractivity contribution is 0.584. The van der Waals surface area contributed by atoms with Crippen LogP contribution in [0.5, 0.6) is 0 Å². The summed E-state index contributed by atoms with van der Waals surface area (Å²) in [5.41, 5.74) is 5.91. The fraction of sp³-hybridized carbons (Fsp3) is 0.276. The van der Waals surface area contributed by atoms with Gasteiger partial charge >= 0.3 is 5.69 Å². The normalized spacial score (nSPS) is 11.7. The highest BCUT2D eigenvalue weighted by Crippen LogP contribution is 2.33. The Kier molecular flexibility index (Phi) is 6.99. The molecule has 9 heteroatoms. The summed E-state index contributed by atoms with van der Waals surface area (Å²) in [4.78, 5) is 18.5. The quantitative estimate of drug-likeness (QED) is 0.287. The van der Waals surface area contributed by atoms with Crippen LogP contribution in [0.4, 0.5) is 0 Å². The molecule has 5 rings (SSSR count). The summed E-state index contributed by atoms with van der Waals surface area (Å²) < 4.78 is 3.53. The number of imidazole rings is 1. The van der Waals surface area contributed by atoms with Crippen LogP contribution in [0.1, 0.15) is 50.9 Å². The lowest BCUT2D eigenvalue weighted by Crippen LogP contribution is -2.27. The van der Waals surface area contributed by atoms with E-state index in [0.29, 0.717) is 17.4 Å². The minimum atomic E-state index is -0.176. The van der Waals surface area contributed by atoms with Crippen LogP contribution >= 0.6 is 11.6 Å². The van der Waals surface area contributed by atoms with Gasteiger partial charge < -0.3 is 0 Å². The summed E-state index contributed by atoms with van der Waals surface area (Å²) in [6.45, 7) is 8.90. The number of nitrogens with one attached hydrogen (secondary N) is 1. The Labute approximate surface area is 226 Å². The summed E-state index contributed by atoms with van der Waals surface area (Å²) in [6, 6.07) is 17.6. The molecule has 0 unspecified atom stereocenters. The lowest BCUT2D eigenvalue weighted by Gasteiger charge is -2.23. The molecule has 0 aliphatic carbocycles. The van der Waals surface area contributed by atoms with Gasteiger partial charge in [-0.1, -0.05) is 88.2 Å². The second-order valence-electron chi connectivity index (χ2n) is 10.3. The number of aromatic nitrogens is 7. The van der Waals surface area contributed by atoms with Crippen LogP contribution in [0, 0.1) is 0 Å². The molecule has 5 aromatic rings. The number of aryl methyl sites for hydroxylation is 1. The molecule has 0 aliphatic heterocycles. The lowest BCUT2D eigenvalue weighted by atomic mass is 9.85. The average molecular weight is 528 g/mol. The van der Waals surface area contributed by atoms with Crippen molar-refractivity contribution in [1.29, 1.82) is 0 Å². The fourth-order valence-electron chi connectivity index (χ4n) is 4.71. The van der Waals surface area contributed by atoms with Gasteiger partial charge in [0.25, 0.3) is 0 Å². The third-order valence-corrected chi connectivity index (χ3v) is 6.86. The number of para-hydroxylation sites is 1. The minimum Gasteiger partial charge on any atom is -0.292 e. The standard InChI is InChI=1S/C29H30ClN7O/c1-5-9-20-18-37(26-23(29(2,3)4)12-8-13-24(26)30)28(38)36(20)17-19-14-15-25(31-16-19)21-10-6-7-11-22(21)27-32-34-35-33-27/h6-8,10-16,18H,5,9,17H2,1-4H3,(H,32,33,34,35). The molecule has 0 atom stereocenters. The van der Waals surface area contributed by atoms with Crippen molar-refractivity contribution in [2.75, 3.05) is 0 Å². The Morgan fingerprint density at radius 1 is 1.00 bits per heavy atom. The minimum absolute atomic E-state index is 0.112. The highest BCUT2D eigenvalue weighted by molar-refractivity contribution is 6.32. The third kappa shape index (κ3) is 4.91. The Hall–Kier alpha value is -4.04. The van der Waals surface area contributed by atoms with Crippen molar-refractivity contribution >= 4 is 11.6 Å². The van der Waals surface area contributed by atoms with E-state index in [1.54, 1.807) is 4.57 Å². The summed E-state index contributed by atoms with van der Waals surface area (Å²) in [5.74, 6) is 0.512. The first kappa shape index (κ1) is 25.6. The molecule has 2 aromatic carbocycles. The van der Waals surface area contributed by atoms with Crippen LogP contribution in [0.25, 0.3) is 28.3 Å². The maximum Gasteiger partial charge on any atom is 0.333 e. The van der Waals surface area contributed by atoms with Gasteiger partial charge in [-0.05, 0) is 40.3 Å². The van der Waals surface area contributed by atoms with Gasteiger partial charge in [-0.25, -0.2) is 4.79 Å². The number of nitrogens with zero attached hydrogens (tertiary/aromatic N) is 6. The van der Waals surface area contributed by atoms with Crippen LogP contribution in [-0.4, -0.2) is 34.7 Å². The topological polar surface area (TPSA) is 94.3 Å². The summed E-state index contributed by atoms with van der Waals surface area (Å²) in [7, 11) is 0. The van der Waals surface area contributed by atoms with E-state index in [1.165, 1.54) is 0 Å². The summed E-state index contributed by atoms with van der Waals surface area (Å²) in [5, 5.41) is 15.0. The average Bonchev–Trinajstić information content (AvgIpc) is 3.54. The molecule has 0 bridgehead atoms. The first-order valence-corrected chi connectivity index (χ1v) is 13.0. The van der Waals surface area contributed by atoms with E-state index in [2.05, 4.69) is 48.3 Å². The van der Waals surface area contributed by atoms with E-state index in [0.717, 1.165) is 52.2 Å². The number of pyridine rings is 1. The second-order valence-corrected chi connectivity index (χ2v) is 10.7. The van der Waals surface area contributed by atoms with Gasteiger partial charge in [0.05, 0.1) is 22.9 Å². The van der Waals surface area contributed by atoms with Gasteiger partial charge in [-0.3, -0.25) is 14.1 Å². The molecule has 38 heavy (non-hydrogen) atoms. The molecule has 0 saturated heterocycles. The first-order chi connectivity index (χ1) is 18.3. The molecule has 194 valence electrons. The Morgan fingerprint density at radius 2 is 1.79 bits per heavy atom. The molecule has 0 amide bonds. The molecule has 0 fully saturated rings. The number of H-pyrrole nitrogens is 1. The fourth-order valence-corrected chi connectivity index (χ4v) is 4.98. The molecule has 0 radical (unpaired) electrons. The van der Waals surface area contributed by atoms with Gasteiger partial charge in [-0.15, -0.1) is 10.2 Å². The predicted octanol–water partition coefficient (Wildman–Crippen LogP) is 5.83. The molecule has 3 heterocycles. The van der Waals surface area contributed by atoms with Crippen molar-refractivity contribution in [1.82, 2.24) is 34.7 Å². The van der Waals surface area contributed by atoms with Gasteiger partial charge in [0.2, 0.25) is 5.82 Å². The van der Waals surface area contributed by atoms with E-state index < -0.39 is 0 Å². The van der Waals surface area contributed by atoms with Gasteiger partial charge in [0.1, 0.15) is 0 Å². The number of aromatic amines is 1. The molecule has 0 spiro atoms. The van der Waals surface area contributed by atoms with Gasteiger partial charge in [-0.2, -0.15) is 5.21 Å². The number of hydrogen-bond acceptors (Lipinski definition) is 5. The highest BCUT2D eigenvalue weighted by Gasteiger charge is 2.24. The first-order valence-electron chi connectivity index (χ1n) is 12.7. The SMILES string of the molecule is CCCc1cn(-c2c(Cl)cccc2C(C)(C)C)c(=O)n1Cc1ccc(-c2ccccc2-c2nn[nH]n2)nc1. The third-order valence-electron chi connectivity index (χ3n) is 6.56. The largest absolute Gasteiger partial charge is 0.333 e. The van der Waals surface area contributed by atoms with Crippen molar-refractivity contribution in [3.05, 3.63) is 99.3 Å². The maximum atomic E-state index is 13.8. The molecule has 0 saturated carbocycles. The van der Waals surface area contributed by atoms with Crippen LogP contribution < -0.4 is 5.69 Å². The zero-order chi connectivity index (χ0) is 26.9. The van der Waals surface area contributed by atoms with Crippen molar-refractivity contribution in [3.8, 4) is 28.3 Å². The number of benzene rings is 2. The van der Waals surface area contributed by atoms with E-state index in [4.69, 9.17) is 16.6 Å². The Bertz CT molecular complexity index is 1610. The number of tetrazole rings is 1. The van der Waals surface area contributed by atoms with Crippen molar-refractivity contribution in [2.24, 2.45) is 0 Å². The van der Waals surface area contributed by atoms with Crippen molar-refractivity contribution in [2.45, 2.75) is 52.5 Å². The number of halogens is 1. The van der Waals surface area contributed by atoms with Crippen LogP contribution in [-0.2, 0) is 18.4 Å². The van der Waals surface area contributed by atoms with E-state index >= 15 is 0 Å². The zero-order valence-corrected chi connectivity index (χ0v) is 22.7.